The van der Waals surface area contributed by atoms with Crippen molar-refractivity contribution in [2.75, 3.05) is 18.4 Å². The van der Waals surface area contributed by atoms with Crippen molar-refractivity contribution >= 4 is 11.7 Å². The third kappa shape index (κ3) is 5.25. The molecule has 0 saturated carbocycles. The standard InChI is InChI=1S/C21H24F3N3O/c1-14-3-5-15(6-4-14)12-27-10-9-17(13-27)26-20(28)25-16-7-8-19(22)18(11-16)21(2,23)24/h3-8,11,17H,9-10,12-13H2,1-2H3,(H2,25,26,28). The molecule has 0 aromatic heterocycles. The van der Waals surface area contributed by atoms with E-state index in [1.807, 2.05) is 6.92 Å². The van der Waals surface area contributed by atoms with Crippen molar-refractivity contribution in [3.05, 3.63) is 65.0 Å². The molecule has 1 unspecified atom stereocenters. The van der Waals surface area contributed by atoms with Crippen LogP contribution in [-0.4, -0.2) is 30.1 Å². The first kappa shape index (κ1) is 20.2. The highest BCUT2D eigenvalue weighted by atomic mass is 19.3. The lowest BCUT2D eigenvalue weighted by atomic mass is 10.1. The van der Waals surface area contributed by atoms with Crippen LogP contribution in [-0.2, 0) is 12.5 Å². The Labute approximate surface area is 162 Å². The van der Waals surface area contributed by atoms with E-state index in [4.69, 9.17) is 0 Å². The number of carbonyl (C=O) groups excluding carboxylic acids is 1. The van der Waals surface area contributed by atoms with Gasteiger partial charge in [0, 0.05) is 38.3 Å². The number of benzene rings is 2. The molecular formula is C21H24F3N3O. The van der Waals surface area contributed by atoms with Crippen LogP contribution >= 0.6 is 0 Å². The summed E-state index contributed by atoms with van der Waals surface area (Å²) < 4.78 is 40.4. The van der Waals surface area contributed by atoms with Crippen LogP contribution in [0.25, 0.3) is 0 Å². The number of aryl methyl sites for hydroxylation is 1. The molecule has 1 heterocycles. The van der Waals surface area contributed by atoms with Crippen molar-refractivity contribution in [1.29, 1.82) is 0 Å². The first-order valence-electron chi connectivity index (χ1n) is 9.24. The lowest BCUT2D eigenvalue weighted by Gasteiger charge is -2.18. The van der Waals surface area contributed by atoms with Gasteiger partial charge in [-0.05, 0) is 37.1 Å². The van der Waals surface area contributed by atoms with Crippen LogP contribution in [0.2, 0.25) is 0 Å². The first-order valence-corrected chi connectivity index (χ1v) is 9.24. The van der Waals surface area contributed by atoms with Gasteiger partial charge in [0.1, 0.15) is 5.82 Å². The Bertz CT molecular complexity index is 834. The van der Waals surface area contributed by atoms with E-state index in [-0.39, 0.29) is 11.7 Å². The number of carbonyl (C=O) groups is 1. The average Bonchev–Trinajstić information content (AvgIpc) is 3.04. The number of likely N-dealkylation sites (tertiary alicyclic amines) is 1. The van der Waals surface area contributed by atoms with Crippen molar-refractivity contribution < 1.29 is 18.0 Å². The van der Waals surface area contributed by atoms with E-state index >= 15 is 0 Å². The minimum absolute atomic E-state index is 0.0296. The van der Waals surface area contributed by atoms with Gasteiger partial charge < -0.3 is 10.6 Å². The van der Waals surface area contributed by atoms with Crippen LogP contribution in [0, 0.1) is 12.7 Å². The zero-order chi connectivity index (χ0) is 20.3. The monoisotopic (exact) mass is 391 g/mol. The zero-order valence-electron chi connectivity index (χ0n) is 15.9. The van der Waals surface area contributed by atoms with Crippen LogP contribution in [0.4, 0.5) is 23.7 Å². The summed E-state index contributed by atoms with van der Waals surface area (Å²) in [4.78, 5) is 14.4. The maximum atomic E-state index is 13.6. The van der Waals surface area contributed by atoms with Crippen molar-refractivity contribution in [3.8, 4) is 0 Å². The maximum absolute atomic E-state index is 13.6. The Morgan fingerprint density at radius 1 is 1.21 bits per heavy atom. The van der Waals surface area contributed by atoms with Crippen LogP contribution < -0.4 is 10.6 Å². The number of nitrogens with zero attached hydrogens (tertiary/aromatic N) is 1. The molecule has 1 aliphatic heterocycles. The topological polar surface area (TPSA) is 44.4 Å². The number of hydrogen-bond donors (Lipinski definition) is 2. The van der Waals surface area contributed by atoms with E-state index in [0.717, 1.165) is 31.6 Å². The molecule has 28 heavy (non-hydrogen) atoms. The Hall–Kier alpha value is -2.54. The summed E-state index contributed by atoms with van der Waals surface area (Å²) in [6.07, 6.45) is 0.807. The number of halogens is 3. The van der Waals surface area contributed by atoms with Gasteiger partial charge in [0.25, 0.3) is 5.92 Å². The normalized spacial score (nSPS) is 17.5. The fourth-order valence-electron chi connectivity index (χ4n) is 3.34. The highest BCUT2D eigenvalue weighted by Crippen LogP contribution is 2.31. The highest BCUT2D eigenvalue weighted by molar-refractivity contribution is 5.89. The summed E-state index contributed by atoms with van der Waals surface area (Å²) in [6.45, 7) is 5.05. The molecule has 0 bridgehead atoms. The molecule has 1 saturated heterocycles. The zero-order valence-corrected chi connectivity index (χ0v) is 15.9. The molecule has 1 aliphatic rings. The third-order valence-corrected chi connectivity index (χ3v) is 4.83. The Balaban J connectivity index is 1.52. The molecule has 0 aliphatic carbocycles. The summed E-state index contributed by atoms with van der Waals surface area (Å²) in [7, 11) is 0. The number of nitrogens with one attached hydrogen (secondary N) is 2. The van der Waals surface area contributed by atoms with Gasteiger partial charge in [-0.1, -0.05) is 29.8 Å². The minimum Gasteiger partial charge on any atom is -0.334 e. The predicted octanol–water partition coefficient (Wildman–Crippen LogP) is 4.64. The second kappa shape index (κ2) is 8.22. The summed E-state index contributed by atoms with van der Waals surface area (Å²) in [5.74, 6) is -4.32. The van der Waals surface area contributed by atoms with Crippen LogP contribution in [0.5, 0.6) is 0 Å². The summed E-state index contributed by atoms with van der Waals surface area (Å²) in [5.41, 5.74) is 1.82. The first-order chi connectivity index (χ1) is 13.2. The number of urea groups is 1. The fraction of sp³-hybridized carbons (Fsp3) is 0.381. The molecule has 2 aromatic rings. The number of amides is 2. The maximum Gasteiger partial charge on any atom is 0.319 e. The van der Waals surface area contributed by atoms with Gasteiger partial charge in [0.05, 0.1) is 5.56 Å². The number of anilines is 1. The number of rotatable bonds is 5. The van der Waals surface area contributed by atoms with E-state index in [1.54, 1.807) is 0 Å². The van der Waals surface area contributed by atoms with Gasteiger partial charge in [-0.3, -0.25) is 4.90 Å². The molecule has 2 aromatic carbocycles. The van der Waals surface area contributed by atoms with Gasteiger partial charge in [-0.15, -0.1) is 0 Å². The molecule has 0 spiro atoms. The molecule has 0 radical (unpaired) electrons. The third-order valence-electron chi connectivity index (χ3n) is 4.83. The molecule has 1 fully saturated rings. The Kier molecular flexibility index (Phi) is 5.93. The van der Waals surface area contributed by atoms with E-state index < -0.39 is 23.3 Å². The van der Waals surface area contributed by atoms with Crippen molar-refractivity contribution in [3.63, 3.8) is 0 Å². The van der Waals surface area contributed by atoms with Crippen LogP contribution in [0.15, 0.2) is 42.5 Å². The van der Waals surface area contributed by atoms with Gasteiger partial charge in [-0.25, -0.2) is 18.0 Å². The van der Waals surface area contributed by atoms with Crippen molar-refractivity contribution in [1.82, 2.24) is 10.2 Å². The van der Waals surface area contributed by atoms with E-state index in [9.17, 15) is 18.0 Å². The van der Waals surface area contributed by atoms with Crippen molar-refractivity contribution in [2.45, 2.75) is 38.8 Å². The molecule has 4 nitrogen and oxygen atoms in total. The van der Waals surface area contributed by atoms with Gasteiger partial charge in [0.15, 0.2) is 0 Å². The van der Waals surface area contributed by atoms with Crippen molar-refractivity contribution in [2.24, 2.45) is 0 Å². The SMILES string of the molecule is Cc1ccc(CN2CCC(NC(=O)Nc3ccc(F)c(C(C)(F)F)c3)C2)cc1. The molecule has 2 N–H and O–H groups in total. The molecule has 1 atom stereocenters. The van der Waals surface area contributed by atoms with Crippen LogP contribution in [0.1, 0.15) is 30.0 Å². The smallest absolute Gasteiger partial charge is 0.319 e. The minimum atomic E-state index is -3.32. The fourth-order valence-corrected chi connectivity index (χ4v) is 3.34. The molecular weight excluding hydrogens is 367 g/mol. The summed E-state index contributed by atoms with van der Waals surface area (Å²) >= 11 is 0. The van der Waals surface area contributed by atoms with E-state index in [2.05, 4.69) is 39.8 Å². The molecule has 2 amide bonds. The van der Waals surface area contributed by atoms with Gasteiger partial charge >= 0.3 is 6.03 Å². The predicted molar refractivity (Wildman–Crippen MR) is 103 cm³/mol. The Morgan fingerprint density at radius 2 is 1.93 bits per heavy atom. The van der Waals surface area contributed by atoms with Gasteiger partial charge in [0.2, 0.25) is 0 Å². The van der Waals surface area contributed by atoms with Crippen LogP contribution in [0.3, 0.4) is 0 Å². The second-order valence-corrected chi connectivity index (χ2v) is 7.39. The van der Waals surface area contributed by atoms with Gasteiger partial charge in [-0.2, -0.15) is 0 Å². The quantitative estimate of drug-likeness (QED) is 0.780. The Morgan fingerprint density at radius 3 is 2.61 bits per heavy atom. The van der Waals surface area contributed by atoms with E-state index in [1.165, 1.54) is 17.2 Å². The lowest BCUT2D eigenvalue weighted by molar-refractivity contribution is 0.0138. The molecule has 3 rings (SSSR count). The van der Waals surface area contributed by atoms with E-state index in [0.29, 0.717) is 13.5 Å². The largest absolute Gasteiger partial charge is 0.334 e. The lowest BCUT2D eigenvalue weighted by Crippen LogP contribution is -2.39. The average molecular weight is 391 g/mol. The second-order valence-electron chi connectivity index (χ2n) is 7.39. The highest BCUT2D eigenvalue weighted by Gasteiger charge is 2.29. The molecule has 7 heteroatoms. The summed E-state index contributed by atoms with van der Waals surface area (Å²) in [6, 6.07) is 11.0. The number of alkyl halides is 2. The summed E-state index contributed by atoms with van der Waals surface area (Å²) in [5, 5.41) is 5.36. The molecule has 150 valence electrons. The number of hydrogen-bond acceptors (Lipinski definition) is 2.